The predicted molar refractivity (Wildman–Crippen MR) is 110 cm³/mol. The van der Waals surface area contributed by atoms with E-state index >= 15 is 0 Å². The van der Waals surface area contributed by atoms with E-state index in [1.54, 1.807) is 0 Å². The van der Waals surface area contributed by atoms with Crippen LogP contribution >= 0.6 is 0 Å². The molecule has 3 atom stereocenters. The average Bonchev–Trinajstić information content (AvgIpc) is 2.92. The molecule has 156 valence electrons. The second-order valence-corrected chi connectivity index (χ2v) is 8.04. The molecular formula is C22H45NO3. The fourth-order valence-corrected chi connectivity index (χ4v) is 4.05. The van der Waals surface area contributed by atoms with Gasteiger partial charge in [0.25, 0.3) is 0 Å². The molecule has 1 saturated carbocycles. The van der Waals surface area contributed by atoms with E-state index < -0.39 is 0 Å². The highest BCUT2D eigenvalue weighted by Crippen LogP contribution is 2.40. The summed E-state index contributed by atoms with van der Waals surface area (Å²) in [6.45, 7) is 15.4. The van der Waals surface area contributed by atoms with Gasteiger partial charge >= 0.3 is 0 Å². The molecule has 2 fully saturated rings. The summed E-state index contributed by atoms with van der Waals surface area (Å²) in [6, 6.07) is 0. The van der Waals surface area contributed by atoms with Gasteiger partial charge < -0.3 is 19.1 Å². The van der Waals surface area contributed by atoms with E-state index in [-0.39, 0.29) is 11.9 Å². The standard InChI is InChI=1S/C20H39NO3.C2H6/c1-5-22-15-7-13-21(4)14-10-19-16-23-20(24-19)11-6-8-18(9-12-20)17(2)3;1-2/h17-19H,5-16H2,1-4H3;1-2H3. The third kappa shape index (κ3) is 8.24. The molecule has 0 N–H and O–H groups in total. The fraction of sp³-hybridized carbons (Fsp3) is 1.00. The van der Waals surface area contributed by atoms with Crippen molar-refractivity contribution in [3.05, 3.63) is 0 Å². The Balaban J connectivity index is 0.00000163. The fourth-order valence-electron chi connectivity index (χ4n) is 4.05. The molecule has 4 nitrogen and oxygen atoms in total. The summed E-state index contributed by atoms with van der Waals surface area (Å²) in [5.41, 5.74) is 0. The van der Waals surface area contributed by atoms with Crippen LogP contribution in [0, 0.1) is 11.8 Å². The highest BCUT2D eigenvalue weighted by molar-refractivity contribution is 4.84. The van der Waals surface area contributed by atoms with Crippen LogP contribution in [-0.4, -0.2) is 56.7 Å². The molecule has 0 aromatic rings. The van der Waals surface area contributed by atoms with E-state index in [4.69, 9.17) is 14.2 Å². The lowest BCUT2D eigenvalue weighted by molar-refractivity contribution is -0.177. The Morgan fingerprint density at radius 1 is 1.15 bits per heavy atom. The summed E-state index contributed by atoms with van der Waals surface area (Å²) in [4.78, 5) is 2.38. The van der Waals surface area contributed by atoms with Gasteiger partial charge in [0, 0.05) is 39.1 Å². The summed E-state index contributed by atoms with van der Waals surface area (Å²) in [7, 11) is 2.19. The molecular weight excluding hydrogens is 326 g/mol. The van der Waals surface area contributed by atoms with Gasteiger partial charge in [-0.3, -0.25) is 0 Å². The maximum Gasteiger partial charge on any atom is 0.168 e. The van der Waals surface area contributed by atoms with Crippen molar-refractivity contribution in [1.82, 2.24) is 4.90 Å². The Morgan fingerprint density at radius 2 is 1.92 bits per heavy atom. The molecule has 4 heteroatoms. The molecule has 3 unspecified atom stereocenters. The van der Waals surface area contributed by atoms with Crippen molar-refractivity contribution in [2.75, 3.05) is 40.0 Å². The van der Waals surface area contributed by atoms with Crippen LogP contribution in [0.15, 0.2) is 0 Å². The van der Waals surface area contributed by atoms with Gasteiger partial charge in [-0.05, 0) is 51.5 Å². The smallest absolute Gasteiger partial charge is 0.168 e. The van der Waals surface area contributed by atoms with Crippen molar-refractivity contribution < 1.29 is 14.2 Å². The van der Waals surface area contributed by atoms with Crippen LogP contribution in [0.1, 0.15) is 79.6 Å². The topological polar surface area (TPSA) is 30.9 Å². The SMILES string of the molecule is CC.CCOCCCN(C)CCC1COC2(CCCC(C(C)C)CC2)O1. The molecule has 0 amide bonds. The van der Waals surface area contributed by atoms with Gasteiger partial charge in [0.2, 0.25) is 0 Å². The van der Waals surface area contributed by atoms with Crippen LogP contribution in [0.3, 0.4) is 0 Å². The summed E-state index contributed by atoms with van der Waals surface area (Å²) < 4.78 is 18.0. The average molecular weight is 372 g/mol. The largest absolute Gasteiger partial charge is 0.382 e. The van der Waals surface area contributed by atoms with Crippen molar-refractivity contribution in [3.8, 4) is 0 Å². The van der Waals surface area contributed by atoms with Gasteiger partial charge in [-0.25, -0.2) is 0 Å². The lowest BCUT2D eigenvalue weighted by Crippen LogP contribution is -2.31. The molecule has 1 heterocycles. The minimum Gasteiger partial charge on any atom is -0.382 e. The van der Waals surface area contributed by atoms with E-state index in [0.29, 0.717) is 0 Å². The second kappa shape index (κ2) is 13.1. The van der Waals surface area contributed by atoms with Crippen LogP contribution in [0.25, 0.3) is 0 Å². The zero-order valence-corrected chi connectivity index (χ0v) is 18.4. The van der Waals surface area contributed by atoms with Crippen LogP contribution in [-0.2, 0) is 14.2 Å². The third-order valence-electron chi connectivity index (χ3n) is 5.75. The van der Waals surface area contributed by atoms with Crippen LogP contribution in [0.4, 0.5) is 0 Å². The van der Waals surface area contributed by atoms with Crippen LogP contribution < -0.4 is 0 Å². The molecule has 2 rings (SSSR count). The van der Waals surface area contributed by atoms with E-state index in [1.807, 2.05) is 20.8 Å². The van der Waals surface area contributed by atoms with Crippen LogP contribution in [0.5, 0.6) is 0 Å². The molecule has 1 spiro atoms. The van der Waals surface area contributed by atoms with Gasteiger partial charge in [0.15, 0.2) is 5.79 Å². The summed E-state index contributed by atoms with van der Waals surface area (Å²) in [5, 5.41) is 0. The maximum absolute atomic E-state index is 6.42. The molecule has 0 aromatic heterocycles. The summed E-state index contributed by atoms with van der Waals surface area (Å²) in [5.74, 6) is 1.36. The first-order valence-electron chi connectivity index (χ1n) is 11.1. The zero-order chi connectivity index (χ0) is 19.4. The molecule has 0 bridgehead atoms. The van der Waals surface area contributed by atoms with E-state index in [1.165, 1.54) is 19.3 Å². The first-order chi connectivity index (χ1) is 12.5. The maximum atomic E-state index is 6.42. The van der Waals surface area contributed by atoms with E-state index in [2.05, 4.69) is 25.8 Å². The van der Waals surface area contributed by atoms with E-state index in [9.17, 15) is 0 Å². The minimum atomic E-state index is -0.262. The normalized spacial score (nSPS) is 29.1. The Bertz CT molecular complexity index is 350. The van der Waals surface area contributed by atoms with Crippen molar-refractivity contribution >= 4 is 0 Å². The van der Waals surface area contributed by atoms with Crippen LogP contribution in [0.2, 0.25) is 0 Å². The van der Waals surface area contributed by atoms with Gasteiger partial charge in [0.05, 0.1) is 12.7 Å². The lowest BCUT2D eigenvalue weighted by atomic mass is 9.89. The second-order valence-electron chi connectivity index (χ2n) is 8.04. The highest BCUT2D eigenvalue weighted by atomic mass is 16.7. The minimum absolute atomic E-state index is 0.262. The van der Waals surface area contributed by atoms with Gasteiger partial charge in [-0.15, -0.1) is 0 Å². The highest BCUT2D eigenvalue weighted by Gasteiger charge is 2.42. The lowest BCUT2D eigenvalue weighted by Gasteiger charge is -2.27. The Hall–Kier alpha value is -0.160. The van der Waals surface area contributed by atoms with E-state index in [0.717, 1.165) is 70.4 Å². The quantitative estimate of drug-likeness (QED) is 0.527. The third-order valence-corrected chi connectivity index (χ3v) is 5.75. The van der Waals surface area contributed by atoms with Crippen molar-refractivity contribution in [2.45, 2.75) is 91.5 Å². The predicted octanol–water partition coefficient (Wildman–Crippen LogP) is 5.11. The molecule has 1 aliphatic carbocycles. The number of rotatable bonds is 9. The Labute approximate surface area is 162 Å². The summed E-state index contributed by atoms with van der Waals surface area (Å²) in [6.07, 6.45) is 8.43. The number of ether oxygens (including phenoxy) is 3. The molecule has 1 saturated heterocycles. The van der Waals surface area contributed by atoms with Gasteiger partial charge in [0.1, 0.15) is 0 Å². The molecule has 0 aromatic carbocycles. The molecule has 1 aliphatic heterocycles. The van der Waals surface area contributed by atoms with Crippen molar-refractivity contribution in [1.29, 1.82) is 0 Å². The zero-order valence-electron chi connectivity index (χ0n) is 18.4. The van der Waals surface area contributed by atoms with Crippen molar-refractivity contribution in [3.63, 3.8) is 0 Å². The number of hydrogen-bond acceptors (Lipinski definition) is 4. The molecule has 26 heavy (non-hydrogen) atoms. The van der Waals surface area contributed by atoms with Crippen molar-refractivity contribution in [2.24, 2.45) is 11.8 Å². The molecule has 0 radical (unpaired) electrons. The monoisotopic (exact) mass is 371 g/mol. The van der Waals surface area contributed by atoms with Gasteiger partial charge in [-0.1, -0.05) is 34.1 Å². The first-order valence-corrected chi connectivity index (χ1v) is 11.1. The number of hydrogen-bond donors (Lipinski definition) is 0. The number of nitrogens with zero attached hydrogens (tertiary/aromatic N) is 1. The summed E-state index contributed by atoms with van der Waals surface area (Å²) >= 11 is 0. The Morgan fingerprint density at radius 3 is 2.62 bits per heavy atom. The molecule has 2 aliphatic rings. The Kier molecular flexibility index (Phi) is 12.0. The van der Waals surface area contributed by atoms with Gasteiger partial charge in [-0.2, -0.15) is 0 Å². The first kappa shape index (κ1) is 23.9.